The van der Waals surface area contributed by atoms with Crippen LogP contribution in [0, 0.1) is 6.92 Å². The summed E-state index contributed by atoms with van der Waals surface area (Å²) in [4.78, 5) is 4.42. The molecular weight excluding hydrogens is 302 g/mol. The zero-order chi connectivity index (χ0) is 16.8. The predicted octanol–water partition coefficient (Wildman–Crippen LogP) is 4.07. The molecular formula is C18H19N5O. The number of hydrogen-bond donors (Lipinski definition) is 2. The Morgan fingerprint density at radius 2 is 1.83 bits per heavy atom. The van der Waals surface area contributed by atoms with E-state index in [2.05, 4.69) is 25.8 Å². The second-order valence-electron chi connectivity index (χ2n) is 5.24. The molecule has 0 saturated heterocycles. The summed E-state index contributed by atoms with van der Waals surface area (Å²) in [6.07, 6.45) is 1.59. The van der Waals surface area contributed by atoms with Crippen molar-refractivity contribution in [2.24, 2.45) is 0 Å². The fourth-order valence-corrected chi connectivity index (χ4v) is 2.22. The van der Waals surface area contributed by atoms with Crippen molar-refractivity contribution in [1.29, 1.82) is 0 Å². The van der Waals surface area contributed by atoms with Crippen LogP contribution in [0.2, 0.25) is 0 Å². The summed E-state index contributed by atoms with van der Waals surface area (Å²) in [7, 11) is 0. The number of hydrogen-bond acceptors (Lipinski definition) is 6. The molecule has 0 aliphatic rings. The van der Waals surface area contributed by atoms with Crippen LogP contribution < -0.4 is 15.4 Å². The van der Waals surface area contributed by atoms with Crippen LogP contribution in [0.3, 0.4) is 0 Å². The summed E-state index contributed by atoms with van der Waals surface area (Å²) in [5.74, 6) is 1.89. The molecule has 6 heteroatoms. The molecule has 0 fully saturated rings. The molecule has 3 aromatic rings. The van der Waals surface area contributed by atoms with Gasteiger partial charge < -0.3 is 15.4 Å². The Labute approximate surface area is 140 Å². The second-order valence-corrected chi connectivity index (χ2v) is 5.24. The maximum atomic E-state index is 5.42. The Bertz CT molecular complexity index is 805. The maximum absolute atomic E-state index is 5.42. The van der Waals surface area contributed by atoms with Crippen LogP contribution in [-0.4, -0.2) is 21.8 Å². The predicted molar refractivity (Wildman–Crippen MR) is 95.2 cm³/mol. The Morgan fingerprint density at radius 3 is 2.58 bits per heavy atom. The number of ether oxygens (including phenoxy) is 1. The first-order valence-electron chi connectivity index (χ1n) is 7.76. The van der Waals surface area contributed by atoms with Gasteiger partial charge in [0.05, 0.1) is 12.8 Å². The van der Waals surface area contributed by atoms with Crippen molar-refractivity contribution < 1.29 is 4.74 Å². The van der Waals surface area contributed by atoms with Crippen LogP contribution in [0.5, 0.6) is 5.75 Å². The molecule has 122 valence electrons. The minimum atomic E-state index is 0.428. The molecule has 0 aliphatic heterocycles. The summed E-state index contributed by atoms with van der Waals surface area (Å²) >= 11 is 0. The second kappa shape index (κ2) is 7.41. The van der Waals surface area contributed by atoms with E-state index in [1.807, 2.05) is 62.4 Å². The van der Waals surface area contributed by atoms with Crippen LogP contribution in [0.1, 0.15) is 12.5 Å². The topological polar surface area (TPSA) is 72.0 Å². The first kappa shape index (κ1) is 15.7. The van der Waals surface area contributed by atoms with Crippen LogP contribution in [-0.2, 0) is 0 Å². The molecule has 0 aliphatic carbocycles. The van der Waals surface area contributed by atoms with Crippen molar-refractivity contribution in [3.05, 3.63) is 60.3 Å². The van der Waals surface area contributed by atoms with E-state index in [-0.39, 0.29) is 0 Å². The zero-order valence-corrected chi connectivity index (χ0v) is 13.7. The maximum Gasteiger partial charge on any atom is 0.249 e. The molecule has 1 aromatic heterocycles. The van der Waals surface area contributed by atoms with E-state index >= 15 is 0 Å². The van der Waals surface area contributed by atoms with Gasteiger partial charge in [-0.25, -0.2) is 0 Å². The summed E-state index contributed by atoms with van der Waals surface area (Å²) in [5, 5.41) is 14.3. The van der Waals surface area contributed by atoms with Gasteiger partial charge in [0.1, 0.15) is 5.75 Å². The average molecular weight is 321 g/mol. The van der Waals surface area contributed by atoms with E-state index in [4.69, 9.17) is 4.74 Å². The fourth-order valence-electron chi connectivity index (χ4n) is 2.22. The van der Waals surface area contributed by atoms with Gasteiger partial charge in [-0.3, -0.25) is 0 Å². The van der Waals surface area contributed by atoms with Crippen molar-refractivity contribution in [3.63, 3.8) is 0 Å². The molecule has 24 heavy (non-hydrogen) atoms. The highest BCUT2D eigenvalue weighted by atomic mass is 16.5. The number of rotatable bonds is 6. The number of aromatic nitrogens is 3. The molecule has 0 atom stereocenters. The molecule has 0 spiro atoms. The number of benzene rings is 2. The molecule has 1 heterocycles. The number of anilines is 4. The highest BCUT2D eigenvalue weighted by molar-refractivity contribution is 5.59. The van der Waals surface area contributed by atoms with E-state index < -0.39 is 0 Å². The highest BCUT2D eigenvalue weighted by Gasteiger charge is 2.03. The fraction of sp³-hybridized carbons (Fsp3) is 0.167. The van der Waals surface area contributed by atoms with Crippen LogP contribution >= 0.6 is 0 Å². The number of nitrogens with one attached hydrogen (secondary N) is 2. The first-order chi connectivity index (χ1) is 11.7. The molecule has 2 aromatic carbocycles. The van der Waals surface area contributed by atoms with Gasteiger partial charge in [-0.05, 0) is 55.8 Å². The summed E-state index contributed by atoms with van der Waals surface area (Å²) in [6.45, 7) is 4.65. The van der Waals surface area contributed by atoms with Gasteiger partial charge in [-0.2, -0.15) is 10.1 Å². The molecule has 6 nitrogen and oxygen atoms in total. The third kappa shape index (κ3) is 4.19. The van der Waals surface area contributed by atoms with Gasteiger partial charge in [-0.1, -0.05) is 12.1 Å². The van der Waals surface area contributed by atoms with Crippen molar-refractivity contribution in [2.45, 2.75) is 13.8 Å². The van der Waals surface area contributed by atoms with E-state index in [1.54, 1.807) is 6.20 Å². The lowest BCUT2D eigenvalue weighted by Gasteiger charge is -2.09. The van der Waals surface area contributed by atoms with Crippen molar-refractivity contribution >= 4 is 23.1 Å². The van der Waals surface area contributed by atoms with Crippen LogP contribution in [0.25, 0.3) is 0 Å². The van der Waals surface area contributed by atoms with Gasteiger partial charge >= 0.3 is 0 Å². The third-order valence-electron chi connectivity index (χ3n) is 3.27. The minimum Gasteiger partial charge on any atom is -0.494 e. The molecule has 0 bridgehead atoms. The van der Waals surface area contributed by atoms with E-state index in [0.717, 1.165) is 17.1 Å². The highest BCUT2D eigenvalue weighted by Crippen LogP contribution is 2.19. The monoisotopic (exact) mass is 321 g/mol. The SMILES string of the molecule is CCOc1ccc(Nc2nncc(Nc3cccc(C)c3)n2)cc1. The van der Waals surface area contributed by atoms with Gasteiger partial charge in [0.2, 0.25) is 5.95 Å². The average Bonchev–Trinajstić information content (AvgIpc) is 2.57. The normalized spacial score (nSPS) is 10.2. The minimum absolute atomic E-state index is 0.428. The lowest BCUT2D eigenvalue weighted by atomic mass is 10.2. The van der Waals surface area contributed by atoms with Crippen molar-refractivity contribution in [3.8, 4) is 5.75 Å². The van der Waals surface area contributed by atoms with Gasteiger partial charge in [0.15, 0.2) is 5.82 Å². The van der Waals surface area contributed by atoms with Crippen LogP contribution in [0.15, 0.2) is 54.7 Å². The largest absolute Gasteiger partial charge is 0.494 e. The number of aryl methyl sites for hydroxylation is 1. The van der Waals surface area contributed by atoms with E-state index in [0.29, 0.717) is 18.4 Å². The number of nitrogens with zero attached hydrogens (tertiary/aromatic N) is 3. The molecule has 0 amide bonds. The van der Waals surface area contributed by atoms with Crippen LogP contribution in [0.4, 0.5) is 23.1 Å². The standard InChI is InChI=1S/C18H19N5O/c1-3-24-16-9-7-14(8-10-16)21-18-22-17(12-19-23-18)20-15-6-4-5-13(2)11-15/h4-12H,3H2,1-2H3,(H2,20,21,22,23). The van der Waals surface area contributed by atoms with Gasteiger partial charge in [0, 0.05) is 11.4 Å². The van der Waals surface area contributed by atoms with E-state index in [9.17, 15) is 0 Å². The van der Waals surface area contributed by atoms with Gasteiger partial charge in [0.25, 0.3) is 0 Å². The van der Waals surface area contributed by atoms with Gasteiger partial charge in [-0.15, -0.1) is 5.10 Å². The summed E-state index contributed by atoms with van der Waals surface area (Å²) < 4.78 is 5.42. The van der Waals surface area contributed by atoms with Crippen molar-refractivity contribution in [1.82, 2.24) is 15.2 Å². The third-order valence-corrected chi connectivity index (χ3v) is 3.27. The lowest BCUT2D eigenvalue weighted by molar-refractivity contribution is 0.340. The first-order valence-corrected chi connectivity index (χ1v) is 7.76. The Balaban J connectivity index is 1.70. The smallest absolute Gasteiger partial charge is 0.249 e. The lowest BCUT2D eigenvalue weighted by Crippen LogP contribution is -2.02. The van der Waals surface area contributed by atoms with E-state index in [1.165, 1.54) is 5.56 Å². The molecule has 0 saturated carbocycles. The molecule has 0 unspecified atom stereocenters. The summed E-state index contributed by atoms with van der Waals surface area (Å²) in [5.41, 5.74) is 3.00. The summed E-state index contributed by atoms with van der Waals surface area (Å²) in [6, 6.07) is 15.7. The molecule has 3 rings (SSSR count). The Kier molecular flexibility index (Phi) is 4.86. The zero-order valence-electron chi connectivity index (χ0n) is 13.7. The Hall–Kier alpha value is -3.15. The Morgan fingerprint density at radius 1 is 1.00 bits per heavy atom. The van der Waals surface area contributed by atoms with Crippen molar-refractivity contribution in [2.75, 3.05) is 17.2 Å². The molecule has 0 radical (unpaired) electrons. The quantitative estimate of drug-likeness (QED) is 0.713. The molecule has 2 N–H and O–H groups in total.